The van der Waals surface area contributed by atoms with E-state index in [-0.39, 0.29) is 11.9 Å². The number of carbonyl (C=O) groups excluding carboxylic acids is 1. The monoisotopic (exact) mass is 223 g/mol. The predicted octanol–water partition coefficient (Wildman–Crippen LogP) is 2.12. The average Bonchev–Trinajstić information content (AvgIpc) is 2.04. The number of hydrogen-bond donors (Lipinski definition) is 1. The molecule has 0 heterocycles. The van der Waals surface area contributed by atoms with Gasteiger partial charge < -0.3 is 5.32 Å². The van der Waals surface area contributed by atoms with Crippen molar-refractivity contribution < 1.29 is 4.79 Å². The van der Waals surface area contributed by atoms with Crippen LogP contribution in [0.5, 0.6) is 0 Å². The fourth-order valence-corrected chi connectivity index (χ4v) is 1.48. The lowest BCUT2D eigenvalue weighted by molar-refractivity contribution is -0.128. The summed E-state index contributed by atoms with van der Waals surface area (Å²) in [4.78, 5) is 11.6. The fourth-order valence-electron chi connectivity index (χ4n) is 0.772. The summed E-state index contributed by atoms with van der Waals surface area (Å²) in [5, 5.41) is 2.93. The van der Waals surface area contributed by atoms with E-state index >= 15 is 0 Å². The molecule has 1 N–H and O–H groups in total. The molecule has 0 aliphatic carbocycles. The van der Waals surface area contributed by atoms with Crippen LogP contribution in [-0.4, -0.2) is 29.8 Å². The molecule has 1 amide bonds. The molecule has 1 unspecified atom stereocenters. The number of rotatable bonds is 5. The third kappa shape index (κ3) is 4.77. The second kappa shape index (κ2) is 5.76. The second-order valence-electron chi connectivity index (χ2n) is 3.85. The molecule has 78 valence electrons. The van der Waals surface area contributed by atoms with Crippen molar-refractivity contribution in [2.75, 3.05) is 17.9 Å². The van der Waals surface area contributed by atoms with E-state index < -0.39 is 5.41 Å². The molecule has 0 rings (SSSR count). The molecule has 0 saturated heterocycles. The van der Waals surface area contributed by atoms with E-state index in [0.29, 0.717) is 5.88 Å². The first-order chi connectivity index (χ1) is 5.94. The van der Waals surface area contributed by atoms with Gasteiger partial charge in [0.15, 0.2) is 0 Å². The summed E-state index contributed by atoms with van der Waals surface area (Å²) in [7, 11) is 0. The van der Waals surface area contributed by atoms with Crippen LogP contribution in [0.4, 0.5) is 0 Å². The van der Waals surface area contributed by atoms with E-state index in [0.717, 1.165) is 5.75 Å². The molecule has 0 saturated carbocycles. The number of carbonyl (C=O) groups is 1. The third-order valence-corrected chi connectivity index (χ3v) is 3.24. The summed E-state index contributed by atoms with van der Waals surface area (Å²) >= 11 is 7.40. The van der Waals surface area contributed by atoms with Crippen molar-refractivity contribution in [2.24, 2.45) is 5.41 Å². The van der Waals surface area contributed by atoms with Crippen molar-refractivity contribution in [3.63, 3.8) is 0 Å². The summed E-state index contributed by atoms with van der Waals surface area (Å²) in [5.74, 6) is 1.32. The van der Waals surface area contributed by atoms with Crippen molar-refractivity contribution in [1.29, 1.82) is 0 Å². The summed E-state index contributed by atoms with van der Waals surface area (Å²) in [6.07, 6.45) is 2.02. The lowest BCUT2D eigenvalue weighted by Crippen LogP contribution is -2.43. The Morgan fingerprint density at radius 2 is 2.15 bits per heavy atom. The number of amides is 1. The molecular formula is C9H18ClNOS. The lowest BCUT2D eigenvalue weighted by atomic mass is 9.95. The molecule has 0 fully saturated rings. The Labute approximate surface area is 89.8 Å². The van der Waals surface area contributed by atoms with Crippen LogP contribution >= 0.6 is 23.4 Å². The van der Waals surface area contributed by atoms with E-state index in [1.54, 1.807) is 11.8 Å². The van der Waals surface area contributed by atoms with Gasteiger partial charge in [0.25, 0.3) is 0 Å². The Morgan fingerprint density at radius 1 is 1.62 bits per heavy atom. The summed E-state index contributed by atoms with van der Waals surface area (Å²) in [6, 6.07) is 0.213. The van der Waals surface area contributed by atoms with E-state index in [1.165, 1.54) is 0 Å². The molecule has 0 spiro atoms. The minimum atomic E-state index is -0.464. The quantitative estimate of drug-likeness (QED) is 0.724. The summed E-state index contributed by atoms with van der Waals surface area (Å²) in [5.41, 5.74) is -0.464. The smallest absolute Gasteiger partial charge is 0.227 e. The highest BCUT2D eigenvalue weighted by molar-refractivity contribution is 7.98. The molecule has 0 aromatic carbocycles. The maximum Gasteiger partial charge on any atom is 0.227 e. The average molecular weight is 224 g/mol. The number of thioether (sulfide) groups is 1. The highest BCUT2D eigenvalue weighted by Crippen LogP contribution is 2.17. The Balaban J connectivity index is 3.99. The summed E-state index contributed by atoms with van der Waals surface area (Å²) in [6.45, 7) is 5.70. The SMILES string of the molecule is CSCC(C)NC(=O)C(C)(C)CCl. The van der Waals surface area contributed by atoms with Gasteiger partial charge in [0.1, 0.15) is 0 Å². The Morgan fingerprint density at radius 3 is 2.54 bits per heavy atom. The van der Waals surface area contributed by atoms with Crippen LogP contribution < -0.4 is 5.32 Å². The van der Waals surface area contributed by atoms with Crippen molar-refractivity contribution in [3.05, 3.63) is 0 Å². The zero-order chi connectivity index (χ0) is 10.5. The van der Waals surface area contributed by atoms with Gasteiger partial charge in [0.05, 0.1) is 5.41 Å². The maximum atomic E-state index is 11.6. The molecule has 0 radical (unpaired) electrons. The molecular weight excluding hydrogens is 206 g/mol. The van der Waals surface area contributed by atoms with Crippen LogP contribution in [0.2, 0.25) is 0 Å². The number of halogens is 1. The number of alkyl halides is 1. The first-order valence-corrected chi connectivity index (χ1v) is 6.22. The van der Waals surface area contributed by atoms with Gasteiger partial charge in [-0.05, 0) is 27.0 Å². The zero-order valence-electron chi connectivity index (χ0n) is 8.69. The van der Waals surface area contributed by atoms with E-state index in [1.807, 2.05) is 27.0 Å². The van der Waals surface area contributed by atoms with Crippen molar-refractivity contribution >= 4 is 29.3 Å². The Kier molecular flexibility index (Phi) is 5.81. The number of nitrogens with one attached hydrogen (secondary N) is 1. The first-order valence-electron chi connectivity index (χ1n) is 4.30. The van der Waals surface area contributed by atoms with Crippen LogP contribution in [0.3, 0.4) is 0 Å². The minimum absolute atomic E-state index is 0.0315. The van der Waals surface area contributed by atoms with Crippen LogP contribution in [-0.2, 0) is 4.79 Å². The van der Waals surface area contributed by atoms with Gasteiger partial charge in [0.2, 0.25) is 5.91 Å². The highest BCUT2D eigenvalue weighted by atomic mass is 35.5. The number of hydrogen-bond acceptors (Lipinski definition) is 2. The standard InChI is InChI=1S/C9H18ClNOS/c1-7(5-13-4)11-8(12)9(2,3)6-10/h7H,5-6H2,1-4H3,(H,11,12). The molecule has 0 aliphatic rings. The van der Waals surface area contributed by atoms with Gasteiger partial charge in [-0.1, -0.05) is 0 Å². The van der Waals surface area contributed by atoms with Crippen LogP contribution in [0.25, 0.3) is 0 Å². The van der Waals surface area contributed by atoms with Crippen molar-refractivity contribution in [2.45, 2.75) is 26.8 Å². The fraction of sp³-hybridized carbons (Fsp3) is 0.889. The van der Waals surface area contributed by atoms with Crippen molar-refractivity contribution in [1.82, 2.24) is 5.32 Å². The van der Waals surface area contributed by atoms with Gasteiger partial charge >= 0.3 is 0 Å². The van der Waals surface area contributed by atoms with Gasteiger partial charge in [-0.3, -0.25) is 4.79 Å². The van der Waals surface area contributed by atoms with Gasteiger partial charge in [-0.25, -0.2) is 0 Å². The third-order valence-electron chi connectivity index (χ3n) is 1.74. The maximum absolute atomic E-state index is 11.6. The molecule has 0 bridgehead atoms. The van der Waals surface area contributed by atoms with Gasteiger partial charge in [-0.15, -0.1) is 11.6 Å². The summed E-state index contributed by atoms with van der Waals surface area (Å²) < 4.78 is 0. The molecule has 0 aromatic heterocycles. The molecule has 1 atom stereocenters. The molecule has 0 aromatic rings. The topological polar surface area (TPSA) is 29.1 Å². The molecule has 2 nitrogen and oxygen atoms in total. The first kappa shape index (κ1) is 13.1. The lowest BCUT2D eigenvalue weighted by Gasteiger charge is -2.23. The van der Waals surface area contributed by atoms with Crippen LogP contribution in [0, 0.1) is 5.41 Å². The molecule has 13 heavy (non-hydrogen) atoms. The zero-order valence-corrected chi connectivity index (χ0v) is 10.3. The Hall–Kier alpha value is 0.110. The van der Waals surface area contributed by atoms with E-state index in [4.69, 9.17) is 11.6 Å². The van der Waals surface area contributed by atoms with Gasteiger partial charge in [-0.2, -0.15) is 11.8 Å². The normalized spacial score (nSPS) is 13.9. The van der Waals surface area contributed by atoms with Crippen LogP contribution in [0.15, 0.2) is 0 Å². The predicted molar refractivity (Wildman–Crippen MR) is 60.5 cm³/mol. The largest absolute Gasteiger partial charge is 0.352 e. The highest BCUT2D eigenvalue weighted by Gasteiger charge is 2.27. The van der Waals surface area contributed by atoms with Gasteiger partial charge in [0, 0.05) is 17.7 Å². The van der Waals surface area contributed by atoms with Crippen LogP contribution in [0.1, 0.15) is 20.8 Å². The second-order valence-corrected chi connectivity index (χ2v) is 5.03. The van der Waals surface area contributed by atoms with E-state index in [9.17, 15) is 4.79 Å². The Bertz CT molecular complexity index is 173. The van der Waals surface area contributed by atoms with Crippen molar-refractivity contribution in [3.8, 4) is 0 Å². The molecule has 4 heteroatoms. The minimum Gasteiger partial charge on any atom is -0.352 e. The van der Waals surface area contributed by atoms with E-state index in [2.05, 4.69) is 5.32 Å². The molecule has 0 aliphatic heterocycles.